The molecule has 140 valence electrons. The Bertz CT molecular complexity index is 934. The minimum Gasteiger partial charge on any atom is -0.344 e. The number of nitrogens with one attached hydrogen (secondary N) is 3. The molecule has 0 aliphatic heterocycles. The van der Waals surface area contributed by atoms with Crippen LogP contribution >= 0.6 is 15.9 Å². The molecule has 3 rings (SSSR count). The summed E-state index contributed by atoms with van der Waals surface area (Å²) in [5.74, 6) is 0.280. The van der Waals surface area contributed by atoms with E-state index in [9.17, 15) is 9.59 Å². The van der Waals surface area contributed by atoms with Crippen molar-refractivity contribution in [1.29, 1.82) is 0 Å². The Morgan fingerprint density at radius 3 is 2.63 bits per heavy atom. The molecule has 0 aliphatic carbocycles. The van der Waals surface area contributed by atoms with Gasteiger partial charge in [-0.15, -0.1) is 0 Å². The Morgan fingerprint density at radius 1 is 1.15 bits per heavy atom. The molecule has 3 N–H and O–H groups in total. The number of aromatic nitrogens is 2. The molecule has 0 saturated carbocycles. The van der Waals surface area contributed by atoms with Gasteiger partial charge < -0.3 is 15.6 Å². The number of carbonyl (C=O) groups excluding carboxylic acids is 2. The van der Waals surface area contributed by atoms with E-state index in [-0.39, 0.29) is 30.3 Å². The summed E-state index contributed by atoms with van der Waals surface area (Å²) in [6, 6.07) is 14.5. The highest BCUT2D eigenvalue weighted by Crippen LogP contribution is 2.22. The van der Waals surface area contributed by atoms with E-state index in [0.29, 0.717) is 11.4 Å². The number of carbonyl (C=O) groups is 2. The number of hydrogen-bond acceptors (Lipinski definition) is 3. The molecule has 27 heavy (non-hydrogen) atoms. The highest BCUT2D eigenvalue weighted by atomic mass is 79.9. The quantitative estimate of drug-likeness (QED) is 0.560. The Morgan fingerprint density at radius 2 is 1.93 bits per heavy atom. The first-order chi connectivity index (χ1) is 12.9. The fourth-order valence-corrected chi connectivity index (χ4v) is 3.19. The van der Waals surface area contributed by atoms with E-state index in [2.05, 4.69) is 36.5 Å². The largest absolute Gasteiger partial charge is 0.344 e. The maximum atomic E-state index is 12.4. The van der Waals surface area contributed by atoms with E-state index in [0.717, 1.165) is 15.5 Å². The van der Waals surface area contributed by atoms with Gasteiger partial charge in [-0.25, -0.2) is 4.98 Å². The number of amides is 2. The third-order valence-electron chi connectivity index (χ3n) is 4.18. The summed E-state index contributed by atoms with van der Waals surface area (Å²) in [5.41, 5.74) is 2.28. The molecule has 0 bridgehead atoms. The molecule has 0 fully saturated rings. The highest BCUT2D eigenvalue weighted by molar-refractivity contribution is 9.10. The van der Waals surface area contributed by atoms with Gasteiger partial charge >= 0.3 is 0 Å². The van der Waals surface area contributed by atoms with E-state index >= 15 is 0 Å². The molecule has 0 spiro atoms. The summed E-state index contributed by atoms with van der Waals surface area (Å²) in [6.45, 7) is 3.92. The smallest absolute Gasteiger partial charge is 0.251 e. The van der Waals surface area contributed by atoms with Gasteiger partial charge in [0.25, 0.3) is 5.91 Å². The average Bonchev–Trinajstić information content (AvgIpc) is 3.07. The number of benzene rings is 2. The van der Waals surface area contributed by atoms with Crippen molar-refractivity contribution in [3.63, 3.8) is 0 Å². The fraction of sp³-hybridized carbons (Fsp3) is 0.250. The monoisotopic (exact) mass is 428 g/mol. The first-order valence-corrected chi connectivity index (χ1v) is 9.51. The number of para-hydroxylation sites is 2. The van der Waals surface area contributed by atoms with E-state index in [1.807, 2.05) is 44.2 Å². The number of aromatic amines is 1. The predicted molar refractivity (Wildman–Crippen MR) is 108 cm³/mol. The van der Waals surface area contributed by atoms with Crippen LogP contribution in [0.25, 0.3) is 11.0 Å². The minimum atomic E-state index is -0.295. The lowest BCUT2D eigenvalue weighted by molar-refractivity contribution is -0.121. The summed E-state index contributed by atoms with van der Waals surface area (Å²) in [4.78, 5) is 32.4. The molecule has 1 atom stereocenters. The Labute approximate surface area is 165 Å². The van der Waals surface area contributed by atoms with Crippen LogP contribution in [0.2, 0.25) is 0 Å². The summed E-state index contributed by atoms with van der Waals surface area (Å²) in [6.07, 6.45) is 0. The molecule has 0 radical (unpaired) electrons. The number of rotatable bonds is 6. The van der Waals surface area contributed by atoms with Crippen molar-refractivity contribution in [2.45, 2.75) is 19.9 Å². The van der Waals surface area contributed by atoms with Crippen LogP contribution in [0.4, 0.5) is 0 Å². The van der Waals surface area contributed by atoms with Crippen LogP contribution < -0.4 is 10.6 Å². The second-order valence-corrected chi connectivity index (χ2v) is 7.54. The number of H-pyrrole nitrogens is 1. The Kier molecular flexibility index (Phi) is 5.91. The van der Waals surface area contributed by atoms with Gasteiger partial charge in [0.05, 0.1) is 23.6 Å². The number of hydrogen-bond donors (Lipinski definition) is 3. The van der Waals surface area contributed by atoms with Crippen LogP contribution in [0.5, 0.6) is 0 Å². The van der Waals surface area contributed by atoms with Gasteiger partial charge in [0.1, 0.15) is 5.82 Å². The van der Waals surface area contributed by atoms with Gasteiger partial charge in [0.15, 0.2) is 0 Å². The summed E-state index contributed by atoms with van der Waals surface area (Å²) >= 11 is 3.33. The third kappa shape index (κ3) is 4.74. The Balaban J connectivity index is 1.64. The molecule has 2 amide bonds. The molecule has 0 aliphatic rings. The first-order valence-electron chi connectivity index (χ1n) is 8.72. The third-order valence-corrected chi connectivity index (χ3v) is 4.67. The van der Waals surface area contributed by atoms with Gasteiger partial charge in [-0.1, -0.05) is 48.0 Å². The zero-order valence-electron chi connectivity index (χ0n) is 15.1. The second-order valence-electron chi connectivity index (χ2n) is 6.62. The van der Waals surface area contributed by atoms with E-state index < -0.39 is 0 Å². The van der Waals surface area contributed by atoms with Crippen LogP contribution in [-0.2, 0) is 4.79 Å². The molecule has 6 nitrogen and oxygen atoms in total. The molecular formula is C20H21BrN4O2. The van der Waals surface area contributed by atoms with Gasteiger partial charge in [0.2, 0.25) is 5.91 Å². The maximum Gasteiger partial charge on any atom is 0.251 e. The predicted octanol–water partition coefficient (Wildman–Crippen LogP) is 3.57. The van der Waals surface area contributed by atoms with E-state index in [1.165, 1.54) is 0 Å². The van der Waals surface area contributed by atoms with Crippen molar-refractivity contribution in [2.24, 2.45) is 5.92 Å². The summed E-state index contributed by atoms with van der Waals surface area (Å²) in [7, 11) is 0. The lowest BCUT2D eigenvalue weighted by Gasteiger charge is -2.20. The average molecular weight is 429 g/mol. The molecule has 2 aromatic carbocycles. The summed E-state index contributed by atoms with van der Waals surface area (Å²) in [5, 5.41) is 5.60. The first kappa shape index (κ1) is 19.1. The zero-order chi connectivity index (χ0) is 19.4. The van der Waals surface area contributed by atoms with E-state index in [4.69, 9.17) is 0 Å². The van der Waals surface area contributed by atoms with Gasteiger partial charge in [-0.3, -0.25) is 9.59 Å². The molecule has 1 heterocycles. The number of halogens is 1. The van der Waals surface area contributed by atoms with Crippen molar-refractivity contribution in [1.82, 2.24) is 20.6 Å². The van der Waals surface area contributed by atoms with Gasteiger partial charge in [-0.2, -0.15) is 0 Å². The molecule has 1 aromatic heterocycles. The van der Waals surface area contributed by atoms with E-state index in [1.54, 1.807) is 18.2 Å². The van der Waals surface area contributed by atoms with Crippen molar-refractivity contribution in [3.05, 3.63) is 64.4 Å². The number of imidazole rings is 1. The van der Waals surface area contributed by atoms with Crippen molar-refractivity contribution in [3.8, 4) is 0 Å². The summed E-state index contributed by atoms with van der Waals surface area (Å²) < 4.78 is 0.810. The zero-order valence-corrected chi connectivity index (χ0v) is 16.7. The van der Waals surface area contributed by atoms with Crippen molar-refractivity contribution in [2.75, 3.05) is 6.54 Å². The molecule has 0 saturated heterocycles. The topological polar surface area (TPSA) is 86.9 Å². The van der Waals surface area contributed by atoms with Gasteiger partial charge in [-0.05, 0) is 36.2 Å². The van der Waals surface area contributed by atoms with Crippen molar-refractivity contribution >= 4 is 38.8 Å². The fourth-order valence-electron chi connectivity index (χ4n) is 2.79. The van der Waals surface area contributed by atoms with Crippen LogP contribution in [-0.4, -0.2) is 28.3 Å². The standard InChI is InChI=1S/C20H21BrN4O2/c1-12(2)18(19-23-15-8-3-4-9-16(15)24-19)25-17(26)11-22-20(27)13-6-5-7-14(21)10-13/h3-10,12,18H,11H2,1-2H3,(H,22,27)(H,23,24)(H,25,26). The number of fused-ring (bicyclic) bond motifs is 1. The van der Waals surface area contributed by atoms with Crippen molar-refractivity contribution < 1.29 is 9.59 Å². The second kappa shape index (κ2) is 8.35. The molecular weight excluding hydrogens is 408 g/mol. The van der Waals surface area contributed by atoms with Crippen LogP contribution in [0.15, 0.2) is 53.0 Å². The molecule has 3 aromatic rings. The van der Waals surface area contributed by atoms with Crippen LogP contribution in [0.3, 0.4) is 0 Å². The minimum absolute atomic E-state index is 0.102. The molecule has 7 heteroatoms. The SMILES string of the molecule is CC(C)C(NC(=O)CNC(=O)c1cccc(Br)c1)c1nc2ccccc2[nH]1. The lowest BCUT2D eigenvalue weighted by atomic mass is 10.0. The lowest BCUT2D eigenvalue weighted by Crippen LogP contribution is -2.40. The van der Waals surface area contributed by atoms with Gasteiger partial charge in [0, 0.05) is 10.0 Å². The van der Waals surface area contributed by atoms with Crippen LogP contribution in [0.1, 0.15) is 36.1 Å². The Hall–Kier alpha value is -2.67. The van der Waals surface area contributed by atoms with Crippen LogP contribution in [0, 0.1) is 5.92 Å². The molecule has 1 unspecified atom stereocenters. The number of nitrogens with zero attached hydrogens (tertiary/aromatic N) is 1. The maximum absolute atomic E-state index is 12.4. The normalized spacial score (nSPS) is 12.1. The highest BCUT2D eigenvalue weighted by Gasteiger charge is 2.22.